The van der Waals surface area contributed by atoms with Gasteiger partial charge in [0.1, 0.15) is 5.69 Å². The molecular formula is C19H12N4. The van der Waals surface area contributed by atoms with Crippen LogP contribution in [-0.4, -0.2) is 19.9 Å². The highest BCUT2D eigenvalue weighted by Crippen LogP contribution is 2.34. The van der Waals surface area contributed by atoms with E-state index in [2.05, 4.69) is 57.4 Å². The molecule has 0 radical (unpaired) electrons. The van der Waals surface area contributed by atoms with E-state index in [0.29, 0.717) is 0 Å². The minimum atomic E-state index is 0.745. The van der Waals surface area contributed by atoms with E-state index in [9.17, 15) is 0 Å². The van der Waals surface area contributed by atoms with E-state index in [4.69, 9.17) is 4.98 Å². The fourth-order valence-corrected chi connectivity index (χ4v) is 3.17. The molecule has 0 spiro atoms. The number of rotatable bonds is 1. The quantitative estimate of drug-likeness (QED) is 0.468. The molecule has 0 amide bonds. The van der Waals surface area contributed by atoms with E-state index in [1.807, 2.05) is 6.07 Å². The molecular weight excluding hydrogens is 284 g/mol. The summed E-state index contributed by atoms with van der Waals surface area (Å²) in [5.74, 6) is 0.745. The number of aromatic amines is 1. The summed E-state index contributed by atoms with van der Waals surface area (Å²) in [5.41, 5.74) is 2.76. The van der Waals surface area contributed by atoms with Gasteiger partial charge in [-0.05, 0) is 10.8 Å². The van der Waals surface area contributed by atoms with E-state index in [0.717, 1.165) is 27.9 Å². The first-order valence-corrected chi connectivity index (χ1v) is 7.47. The lowest BCUT2D eigenvalue weighted by molar-refractivity contribution is 1.17. The van der Waals surface area contributed by atoms with E-state index in [-0.39, 0.29) is 0 Å². The molecule has 0 atom stereocenters. The van der Waals surface area contributed by atoms with Crippen LogP contribution in [0.3, 0.4) is 0 Å². The highest BCUT2D eigenvalue weighted by Gasteiger charge is 2.13. The third-order valence-corrected chi connectivity index (χ3v) is 4.18. The Kier molecular flexibility index (Phi) is 2.46. The van der Waals surface area contributed by atoms with Gasteiger partial charge in [0, 0.05) is 23.2 Å². The molecule has 2 heterocycles. The van der Waals surface area contributed by atoms with Crippen molar-refractivity contribution in [2.75, 3.05) is 0 Å². The molecule has 0 fully saturated rings. The lowest BCUT2D eigenvalue weighted by Crippen LogP contribution is -1.85. The molecule has 0 saturated heterocycles. The third kappa shape index (κ3) is 1.75. The number of hydrogen-bond acceptors (Lipinski definition) is 3. The van der Waals surface area contributed by atoms with Crippen LogP contribution in [0.4, 0.5) is 0 Å². The van der Waals surface area contributed by atoms with Crippen molar-refractivity contribution >= 4 is 32.6 Å². The van der Waals surface area contributed by atoms with Crippen molar-refractivity contribution in [3.63, 3.8) is 0 Å². The van der Waals surface area contributed by atoms with Gasteiger partial charge in [-0.15, -0.1) is 0 Å². The number of H-pyrrole nitrogens is 1. The van der Waals surface area contributed by atoms with Crippen molar-refractivity contribution in [2.45, 2.75) is 0 Å². The maximum atomic E-state index is 4.80. The summed E-state index contributed by atoms with van der Waals surface area (Å²) in [7, 11) is 0. The molecule has 108 valence electrons. The molecule has 5 rings (SSSR count). The van der Waals surface area contributed by atoms with Crippen LogP contribution in [0.2, 0.25) is 0 Å². The van der Waals surface area contributed by atoms with Crippen LogP contribution in [0.5, 0.6) is 0 Å². The van der Waals surface area contributed by atoms with Crippen LogP contribution in [0.1, 0.15) is 0 Å². The van der Waals surface area contributed by atoms with Gasteiger partial charge >= 0.3 is 0 Å². The Bertz CT molecular complexity index is 1090. The zero-order valence-corrected chi connectivity index (χ0v) is 12.2. The zero-order valence-electron chi connectivity index (χ0n) is 12.2. The summed E-state index contributed by atoms with van der Waals surface area (Å²) < 4.78 is 0. The van der Waals surface area contributed by atoms with Crippen molar-refractivity contribution in [3.05, 3.63) is 67.1 Å². The number of benzene rings is 3. The molecule has 1 N–H and O–H groups in total. The van der Waals surface area contributed by atoms with Gasteiger partial charge in [0.25, 0.3) is 0 Å². The monoisotopic (exact) mass is 296 g/mol. The van der Waals surface area contributed by atoms with Crippen LogP contribution in [0.15, 0.2) is 67.1 Å². The molecule has 4 nitrogen and oxygen atoms in total. The highest BCUT2D eigenvalue weighted by molar-refractivity contribution is 6.23. The molecule has 0 aliphatic carbocycles. The van der Waals surface area contributed by atoms with Crippen molar-refractivity contribution in [3.8, 4) is 11.5 Å². The molecule has 0 saturated carbocycles. The Morgan fingerprint density at radius 1 is 0.739 bits per heavy atom. The Morgan fingerprint density at radius 3 is 2.17 bits per heavy atom. The van der Waals surface area contributed by atoms with Gasteiger partial charge in [-0.3, -0.25) is 4.98 Å². The Balaban J connectivity index is 1.99. The predicted molar refractivity (Wildman–Crippen MR) is 92.1 cm³/mol. The molecule has 5 aromatic rings. The van der Waals surface area contributed by atoms with E-state index >= 15 is 0 Å². The summed E-state index contributed by atoms with van der Waals surface area (Å²) in [5, 5.41) is 4.76. The van der Waals surface area contributed by atoms with Gasteiger partial charge in [0.15, 0.2) is 5.82 Å². The number of aromatic nitrogens is 4. The number of hydrogen-bond donors (Lipinski definition) is 1. The Morgan fingerprint density at radius 2 is 1.43 bits per heavy atom. The lowest BCUT2D eigenvalue weighted by atomic mass is 10.0. The number of imidazole rings is 1. The predicted octanol–water partition coefficient (Wildman–Crippen LogP) is 4.33. The lowest BCUT2D eigenvalue weighted by Gasteiger charge is -2.05. The minimum Gasteiger partial charge on any atom is -0.336 e. The van der Waals surface area contributed by atoms with Gasteiger partial charge in [-0.25, -0.2) is 9.97 Å². The topological polar surface area (TPSA) is 54.5 Å². The smallest absolute Gasteiger partial charge is 0.158 e. The zero-order chi connectivity index (χ0) is 15.2. The normalized spacial score (nSPS) is 11.5. The van der Waals surface area contributed by atoms with Gasteiger partial charge in [0.2, 0.25) is 0 Å². The maximum absolute atomic E-state index is 4.80. The average molecular weight is 296 g/mol. The van der Waals surface area contributed by atoms with E-state index in [1.165, 1.54) is 16.2 Å². The molecule has 0 aliphatic heterocycles. The Hall–Kier alpha value is -3.27. The second-order valence-electron chi connectivity index (χ2n) is 5.49. The SMILES string of the molecule is c1ccc2c(c1)c1ccccc1c1[nH]c(-c3cnccn3)nc21. The van der Waals surface area contributed by atoms with Gasteiger partial charge in [0.05, 0.1) is 17.2 Å². The number of fused-ring (bicyclic) bond motifs is 6. The average Bonchev–Trinajstić information content (AvgIpc) is 3.09. The van der Waals surface area contributed by atoms with Crippen molar-refractivity contribution < 1.29 is 0 Å². The molecule has 0 aliphatic rings. The van der Waals surface area contributed by atoms with Crippen molar-refractivity contribution in [2.24, 2.45) is 0 Å². The first-order valence-electron chi connectivity index (χ1n) is 7.47. The first kappa shape index (κ1) is 12.3. The van der Waals surface area contributed by atoms with Gasteiger partial charge < -0.3 is 4.98 Å². The first-order chi connectivity index (χ1) is 11.4. The van der Waals surface area contributed by atoms with Crippen LogP contribution in [0.25, 0.3) is 44.1 Å². The summed E-state index contributed by atoms with van der Waals surface area (Å²) in [6, 6.07) is 16.8. The van der Waals surface area contributed by atoms with Crippen molar-refractivity contribution in [1.82, 2.24) is 19.9 Å². The molecule has 2 aromatic heterocycles. The fourth-order valence-electron chi connectivity index (χ4n) is 3.17. The Labute approximate surface area is 131 Å². The summed E-state index contributed by atoms with van der Waals surface area (Å²) >= 11 is 0. The fraction of sp³-hybridized carbons (Fsp3) is 0. The summed E-state index contributed by atoms with van der Waals surface area (Å²) in [6.45, 7) is 0. The maximum Gasteiger partial charge on any atom is 0.158 e. The molecule has 4 heteroatoms. The number of nitrogens with zero attached hydrogens (tertiary/aromatic N) is 3. The van der Waals surface area contributed by atoms with Gasteiger partial charge in [-0.1, -0.05) is 48.5 Å². The largest absolute Gasteiger partial charge is 0.336 e. The summed E-state index contributed by atoms with van der Waals surface area (Å²) in [4.78, 5) is 16.7. The van der Waals surface area contributed by atoms with Crippen LogP contribution < -0.4 is 0 Å². The second-order valence-corrected chi connectivity index (χ2v) is 5.49. The van der Waals surface area contributed by atoms with E-state index < -0.39 is 0 Å². The van der Waals surface area contributed by atoms with E-state index in [1.54, 1.807) is 18.6 Å². The number of nitrogens with one attached hydrogen (secondary N) is 1. The molecule has 23 heavy (non-hydrogen) atoms. The molecule has 0 unspecified atom stereocenters. The summed E-state index contributed by atoms with van der Waals surface area (Å²) in [6.07, 6.45) is 5.07. The van der Waals surface area contributed by atoms with Crippen molar-refractivity contribution in [1.29, 1.82) is 0 Å². The highest BCUT2D eigenvalue weighted by atomic mass is 15.0. The second kappa shape index (κ2) is 4.61. The van der Waals surface area contributed by atoms with Gasteiger partial charge in [-0.2, -0.15) is 0 Å². The molecule has 0 bridgehead atoms. The standard InChI is InChI=1S/C19H12N4/c1-3-7-14-12(5-1)13-6-2-4-8-15(13)18-17(14)22-19(23-18)16-11-20-9-10-21-16/h1-11H,(H,22,23). The molecule has 3 aromatic carbocycles. The third-order valence-electron chi connectivity index (χ3n) is 4.18. The minimum absolute atomic E-state index is 0.745. The van der Waals surface area contributed by atoms with Crippen LogP contribution in [-0.2, 0) is 0 Å². The van der Waals surface area contributed by atoms with Crippen LogP contribution in [0, 0.1) is 0 Å². The van der Waals surface area contributed by atoms with Crippen LogP contribution >= 0.6 is 0 Å².